The van der Waals surface area contributed by atoms with Crippen LogP contribution in [0.5, 0.6) is 5.88 Å². The fourth-order valence-electron chi connectivity index (χ4n) is 5.07. The molecule has 0 fully saturated rings. The van der Waals surface area contributed by atoms with Crippen LogP contribution in [0, 0.1) is 0 Å². The number of nitrogens with one attached hydrogen (secondary N) is 1. The summed E-state index contributed by atoms with van der Waals surface area (Å²) in [6.45, 7) is 1.83. The lowest BCUT2D eigenvalue weighted by Gasteiger charge is -2.37. The molecule has 0 spiro atoms. The van der Waals surface area contributed by atoms with Crippen LogP contribution >= 0.6 is 46.4 Å². The van der Waals surface area contributed by atoms with E-state index in [9.17, 15) is 46.1 Å². The van der Waals surface area contributed by atoms with Crippen molar-refractivity contribution in [2.24, 2.45) is 0 Å². The molecule has 0 aliphatic carbocycles. The molecule has 0 bridgehead atoms. The zero-order valence-electron chi connectivity index (χ0n) is 26.5. The molecule has 0 saturated heterocycles. The van der Waals surface area contributed by atoms with Gasteiger partial charge in [0.2, 0.25) is 11.4 Å². The number of nitrogens with zero attached hydrogens (tertiary/aromatic N) is 1. The SMILES string of the molecule is CC(c1ccc(Cl)cc1Cl)C(O)(c1cc[nH]c(=O)c1)C(F)(F)F.COC(=O)COc1cc(C(O)(C(C)c2ccc(Cl)cc2Cl)C(F)(F)F)ccn1. The second-order valence-electron chi connectivity index (χ2n) is 11.0. The van der Waals surface area contributed by atoms with Crippen molar-refractivity contribution in [3.05, 3.63) is 126 Å². The van der Waals surface area contributed by atoms with Gasteiger partial charge in [0, 0.05) is 67.6 Å². The highest BCUT2D eigenvalue weighted by molar-refractivity contribution is 6.35. The zero-order valence-corrected chi connectivity index (χ0v) is 29.6. The second kappa shape index (κ2) is 16.4. The Morgan fingerprint density at radius 1 is 0.784 bits per heavy atom. The van der Waals surface area contributed by atoms with Crippen molar-refractivity contribution < 1.29 is 50.8 Å². The van der Waals surface area contributed by atoms with E-state index in [4.69, 9.17) is 51.1 Å². The van der Waals surface area contributed by atoms with Crippen molar-refractivity contribution in [3.8, 4) is 5.88 Å². The van der Waals surface area contributed by atoms with Gasteiger partial charge in [-0.1, -0.05) is 72.4 Å². The van der Waals surface area contributed by atoms with Gasteiger partial charge in [0.1, 0.15) is 0 Å². The van der Waals surface area contributed by atoms with Gasteiger partial charge in [-0.15, -0.1) is 0 Å². The lowest BCUT2D eigenvalue weighted by Crippen LogP contribution is -2.47. The number of pyridine rings is 2. The molecule has 8 nitrogen and oxygen atoms in total. The Bertz CT molecular complexity index is 1910. The van der Waals surface area contributed by atoms with E-state index in [1.807, 2.05) is 0 Å². The van der Waals surface area contributed by atoms with Crippen LogP contribution in [-0.2, 0) is 20.7 Å². The van der Waals surface area contributed by atoms with E-state index >= 15 is 0 Å². The van der Waals surface area contributed by atoms with Gasteiger partial charge in [0.25, 0.3) is 0 Å². The maximum atomic E-state index is 14.0. The summed E-state index contributed by atoms with van der Waals surface area (Å²) >= 11 is 23.6. The highest BCUT2D eigenvalue weighted by atomic mass is 35.5. The Morgan fingerprint density at radius 3 is 1.67 bits per heavy atom. The number of carbonyl (C=O) groups excluding carboxylic acids is 1. The average molecular weight is 804 g/mol. The lowest BCUT2D eigenvalue weighted by atomic mass is 9.78. The molecular formula is C33H28Cl4F6N2O6. The van der Waals surface area contributed by atoms with Gasteiger partial charge in [-0.3, -0.25) is 4.79 Å². The molecule has 0 aliphatic rings. The third kappa shape index (κ3) is 9.29. The molecule has 0 aliphatic heterocycles. The van der Waals surface area contributed by atoms with Crippen molar-refractivity contribution in [1.29, 1.82) is 0 Å². The number of carbonyl (C=O) groups is 1. The maximum Gasteiger partial charge on any atom is 0.422 e. The molecule has 4 aromatic rings. The van der Waals surface area contributed by atoms with Crippen molar-refractivity contribution in [2.75, 3.05) is 13.7 Å². The van der Waals surface area contributed by atoms with Gasteiger partial charge in [-0.2, -0.15) is 26.3 Å². The Hall–Kier alpha value is -3.53. The lowest BCUT2D eigenvalue weighted by molar-refractivity contribution is -0.274. The number of rotatable bonds is 9. The molecule has 0 saturated carbocycles. The minimum atomic E-state index is -5.06. The summed E-state index contributed by atoms with van der Waals surface area (Å²) in [5.74, 6) is -3.97. The first kappa shape index (κ1) is 41.9. The van der Waals surface area contributed by atoms with Crippen LogP contribution in [-0.4, -0.2) is 52.2 Å². The Kier molecular flexibility index (Phi) is 13.5. The minimum absolute atomic E-state index is 0.00230. The number of ether oxygens (including phenoxy) is 2. The summed E-state index contributed by atoms with van der Waals surface area (Å²) in [4.78, 5) is 28.5. The largest absolute Gasteiger partial charge is 0.466 e. The molecule has 3 N–H and O–H groups in total. The van der Waals surface area contributed by atoms with Crippen LogP contribution in [0.3, 0.4) is 0 Å². The number of aliphatic hydroxyl groups is 2. The maximum absolute atomic E-state index is 14.0. The third-order valence-electron chi connectivity index (χ3n) is 7.93. The van der Waals surface area contributed by atoms with Gasteiger partial charge in [0.15, 0.2) is 17.8 Å². The number of H-pyrrole nitrogens is 1. The molecule has 4 rings (SSSR count). The Balaban J connectivity index is 0.000000281. The van der Waals surface area contributed by atoms with Crippen LogP contribution in [0.4, 0.5) is 26.3 Å². The fourth-order valence-corrected chi connectivity index (χ4v) is 6.22. The molecule has 2 aromatic carbocycles. The van der Waals surface area contributed by atoms with Gasteiger partial charge < -0.3 is 24.7 Å². The number of aromatic amines is 1. The molecule has 0 amide bonds. The Morgan fingerprint density at radius 2 is 1.25 bits per heavy atom. The summed E-state index contributed by atoms with van der Waals surface area (Å²) in [5, 5.41) is 21.8. The number of benzene rings is 2. The Labute approximate surface area is 306 Å². The van der Waals surface area contributed by atoms with Gasteiger partial charge in [-0.05, 0) is 47.5 Å². The van der Waals surface area contributed by atoms with E-state index in [2.05, 4.69) is 14.7 Å². The van der Waals surface area contributed by atoms with E-state index < -0.39 is 64.7 Å². The molecule has 4 unspecified atom stereocenters. The predicted octanol–water partition coefficient (Wildman–Crippen LogP) is 8.73. The topological polar surface area (TPSA) is 122 Å². The van der Waals surface area contributed by atoms with Gasteiger partial charge in [-0.25, -0.2) is 9.78 Å². The summed E-state index contributed by atoms with van der Waals surface area (Å²) < 4.78 is 92.3. The van der Waals surface area contributed by atoms with Crippen molar-refractivity contribution >= 4 is 52.4 Å². The molecular weight excluding hydrogens is 776 g/mol. The fraction of sp³-hybridized carbons (Fsp3) is 0.303. The van der Waals surface area contributed by atoms with Crippen LogP contribution in [0.1, 0.15) is 47.9 Å². The standard InChI is InChI=1S/C18H16Cl2F3NO4.C15H12Cl2F3NO2/c1-10(13-4-3-12(19)8-14(13)20)17(26,18(21,22)23)11-5-6-24-15(7-11)28-9-16(25)27-2;1-8(11-3-2-10(16)7-12(11)17)14(23,15(18,19)20)9-4-5-21-13(22)6-9/h3-8,10,26H,9H2,1-2H3;2-8,23H,1H3,(H,21,22). The van der Waals surface area contributed by atoms with Crippen molar-refractivity contribution in [3.63, 3.8) is 0 Å². The summed E-state index contributed by atoms with van der Waals surface area (Å²) in [7, 11) is 1.13. The minimum Gasteiger partial charge on any atom is -0.466 e. The molecule has 2 heterocycles. The van der Waals surface area contributed by atoms with Crippen LogP contribution in [0.15, 0.2) is 77.9 Å². The van der Waals surface area contributed by atoms with Crippen LogP contribution in [0.2, 0.25) is 20.1 Å². The molecule has 276 valence electrons. The second-order valence-corrected chi connectivity index (χ2v) is 12.7. The summed E-state index contributed by atoms with van der Waals surface area (Å²) in [6.07, 6.45) is -8.00. The third-order valence-corrected chi connectivity index (χ3v) is 9.06. The van der Waals surface area contributed by atoms with Crippen LogP contribution < -0.4 is 10.3 Å². The first-order valence-electron chi connectivity index (χ1n) is 14.4. The van der Waals surface area contributed by atoms with E-state index in [0.29, 0.717) is 6.07 Å². The number of alkyl halides is 6. The smallest absolute Gasteiger partial charge is 0.422 e. The normalized spacial score (nSPS) is 15.4. The molecule has 4 atom stereocenters. The van der Waals surface area contributed by atoms with E-state index in [1.165, 1.54) is 50.2 Å². The first-order valence-corrected chi connectivity index (χ1v) is 15.9. The number of halogens is 10. The average Bonchev–Trinajstić information content (AvgIpc) is 3.05. The van der Waals surface area contributed by atoms with E-state index in [1.54, 1.807) is 0 Å². The monoisotopic (exact) mass is 802 g/mol. The molecule has 51 heavy (non-hydrogen) atoms. The number of hydrogen-bond acceptors (Lipinski definition) is 7. The van der Waals surface area contributed by atoms with E-state index in [-0.39, 0.29) is 37.1 Å². The molecule has 18 heteroatoms. The number of methoxy groups -OCH3 is 1. The number of esters is 1. The van der Waals surface area contributed by atoms with Crippen molar-refractivity contribution in [2.45, 2.75) is 49.2 Å². The first-order chi connectivity index (χ1) is 23.6. The number of hydrogen-bond donors (Lipinski definition) is 3. The molecule has 2 aromatic heterocycles. The van der Waals surface area contributed by atoms with E-state index in [0.717, 1.165) is 37.7 Å². The molecule has 0 radical (unpaired) electrons. The zero-order chi connectivity index (χ0) is 38.5. The predicted molar refractivity (Wildman–Crippen MR) is 178 cm³/mol. The highest BCUT2D eigenvalue weighted by Gasteiger charge is 2.60. The van der Waals surface area contributed by atoms with Crippen LogP contribution in [0.25, 0.3) is 0 Å². The number of aromatic nitrogens is 2. The van der Waals surface area contributed by atoms with Gasteiger partial charge >= 0.3 is 18.3 Å². The highest BCUT2D eigenvalue weighted by Crippen LogP contribution is 2.51. The summed E-state index contributed by atoms with van der Waals surface area (Å²) in [6, 6.07) is 11.6. The van der Waals surface area contributed by atoms with Crippen molar-refractivity contribution in [1.82, 2.24) is 9.97 Å². The summed E-state index contributed by atoms with van der Waals surface area (Å²) in [5.41, 5.74) is -8.30. The quantitative estimate of drug-likeness (QED) is 0.114. The van der Waals surface area contributed by atoms with Gasteiger partial charge in [0.05, 0.1) is 7.11 Å².